The highest BCUT2D eigenvalue weighted by Gasteiger charge is 2.13. The first-order chi connectivity index (χ1) is 13.9. The van der Waals surface area contributed by atoms with Crippen molar-refractivity contribution in [3.05, 3.63) is 87.2 Å². The van der Waals surface area contributed by atoms with Gasteiger partial charge in [0.2, 0.25) is 0 Å². The van der Waals surface area contributed by atoms with Gasteiger partial charge in [0.25, 0.3) is 5.91 Å². The number of ether oxygens (including phenoxy) is 1. The van der Waals surface area contributed by atoms with Crippen LogP contribution in [0.25, 0.3) is 11.1 Å². The minimum atomic E-state index is -0.507. The zero-order valence-electron chi connectivity index (χ0n) is 15.3. The molecule has 1 amide bonds. The minimum absolute atomic E-state index is 0.157. The van der Waals surface area contributed by atoms with Crippen LogP contribution < -0.4 is 10.1 Å². The fraction of sp³-hybridized carbons (Fsp3) is 0.0909. The molecule has 3 aromatic carbocycles. The van der Waals surface area contributed by atoms with Crippen molar-refractivity contribution >= 4 is 35.4 Å². The lowest BCUT2D eigenvalue weighted by Crippen LogP contribution is -2.23. The topological polar surface area (TPSA) is 55.4 Å². The van der Waals surface area contributed by atoms with Crippen LogP contribution in [0.2, 0.25) is 10.0 Å². The molecular formula is C22H16Cl2FNO3. The molecular weight excluding hydrogens is 416 g/mol. The van der Waals surface area contributed by atoms with Crippen LogP contribution in [0.3, 0.4) is 0 Å². The van der Waals surface area contributed by atoms with Gasteiger partial charge in [0.1, 0.15) is 17.9 Å². The van der Waals surface area contributed by atoms with E-state index in [0.717, 1.165) is 6.07 Å². The van der Waals surface area contributed by atoms with E-state index in [1.54, 1.807) is 36.4 Å². The summed E-state index contributed by atoms with van der Waals surface area (Å²) < 4.78 is 19.1. The number of methoxy groups -OCH3 is 1. The number of benzene rings is 3. The van der Waals surface area contributed by atoms with E-state index in [2.05, 4.69) is 5.32 Å². The van der Waals surface area contributed by atoms with Gasteiger partial charge in [0, 0.05) is 22.7 Å². The quantitative estimate of drug-likeness (QED) is 0.520. The second-order valence-electron chi connectivity index (χ2n) is 6.22. The molecule has 0 atom stereocenters. The van der Waals surface area contributed by atoms with Gasteiger partial charge < -0.3 is 10.1 Å². The molecule has 1 N–H and O–H groups in total. The Morgan fingerprint density at radius 2 is 1.86 bits per heavy atom. The Hall–Kier alpha value is -2.89. The molecule has 7 heteroatoms. The Morgan fingerprint density at radius 1 is 1.07 bits per heavy atom. The van der Waals surface area contributed by atoms with Gasteiger partial charge in [0.05, 0.1) is 17.7 Å². The van der Waals surface area contributed by atoms with E-state index in [-0.39, 0.29) is 23.0 Å². The Balaban J connectivity index is 1.87. The lowest BCUT2D eigenvalue weighted by atomic mass is 10.0. The Labute approximate surface area is 177 Å². The maximum Gasteiger partial charge on any atom is 0.253 e. The lowest BCUT2D eigenvalue weighted by Gasteiger charge is -2.13. The van der Waals surface area contributed by atoms with Crippen LogP contribution in [0.5, 0.6) is 5.75 Å². The summed E-state index contributed by atoms with van der Waals surface area (Å²) in [7, 11) is 1.52. The van der Waals surface area contributed by atoms with Crippen LogP contribution in [-0.4, -0.2) is 19.3 Å². The maximum absolute atomic E-state index is 13.8. The predicted octanol–water partition coefficient (Wildman–Crippen LogP) is 5.55. The number of hydrogen-bond donors (Lipinski definition) is 1. The lowest BCUT2D eigenvalue weighted by molar-refractivity contribution is 0.0950. The highest BCUT2D eigenvalue weighted by Crippen LogP contribution is 2.28. The maximum atomic E-state index is 13.8. The van der Waals surface area contributed by atoms with Gasteiger partial charge in [-0.05, 0) is 59.7 Å². The number of carbonyl (C=O) groups excluding carboxylic acids is 2. The van der Waals surface area contributed by atoms with E-state index >= 15 is 0 Å². The number of halogens is 3. The van der Waals surface area contributed by atoms with Crippen LogP contribution in [0.15, 0.2) is 54.6 Å². The zero-order valence-corrected chi connectivity index (χ0v) is 16.9. The first kappa shape index (κ1) is 20.8. The van der Waals surface area contributed by atoms with Gasteiger partial charge in [-0.15, -0.1) is 0 Å². The van der Waals surface area contributed by atoms with Crippen LogP contribution in [0.4, 0.5) is 4.39 Å². The van der Waals surface area contributed by atoms with Crippen molar-refractivity contribution in [3.8, 4) is 16.9 Å². The highest BCUT2D eigenvalue weighted by molar-refractivity contribution is 6.36. The third kappa shape index (κ3) is 4.94. The van der Waals surface area contributed by atoms with Gasteiger partial charge in [-0.2, -0.15) is 0 Å². The molecule has 0 bridgehead atoms. The van der Waals surface area contributed by atoms with E-state index in [9.17, 15) is 14.0 Å². The summed E-state index contributed by atoms with van der Waals surface area (Å²) in [5.74, 6) is -0.316. The second-order valence-corrected chi connectivity index (χ2v) is 7.07. The van der Waals surface area contributed by atoms with Crippen molar-refractivity contribution in [2.45, 2.75) is 6.54 Å². The molecule has 0 saturated carbocycles. The first-order valence-electron chi connectivity index (χ1n) is 8.57. The van der Waals surface area contributed by atoms with Crippen molar-refractivity contribution in [3.63, 3.8) is 0 Å². The summed E-state index contributed by atoms with van der Waals surface area (Å²) in [6.07, 6.45) is 0.590. The van der Waals surface area contributed by atoms with E-state index in [4.69, 9.17) is 27.9 Å². The number of hydrogen-bond acceptors (Lipinski definition) is 3. The molecule has 0 saturated heterocycles. The molecule has 0 aromatic heterocycles. The number of aldehydes is 1. The summed E-state index contributed by atoms with van der Waals surface area (Å²) >= 11 is 11.9. The second kappa shape index (κ2) is 9.07. The molecule has 0 aliphatic carbocycles. The third-order valence-corrected chi connectivity index (χ3v) is 4.83. The smallest absolute Gasteiger partial charge is 0.253 e. The van der Waals surface area contributed by atoms with E-state index in [1.807, 2.05) is 0 Å². The molecule has 0 fully saturated rings. The summed E-state index contributed by atoms with van der Waals surface area (Å²) in [6, 6.07) is 14.0. The largest absolute Gasteiger partial charge is 0.496 e. The average Bonchev–Trinajstić information content (AvgIpc) is 2.71. The zero-order chi connectivity index (χ0) is 21.0. The fourth-order valence-corrected chi connectivity index (χ4v) is 3.38. The molecule has 0 heterocycles. The van der Waals surface area contributed by atoms with Crippen molar-refractivity contribution in [2.75, 3.05) is 7.11 Å². The molecule has 0 aliphatic heterocycles. The van der Waals surface area contributed by atoms with Crippen LogP contribution >= 0.6 is 23.2 Å². The molecule has 0 unspecified atom stereocenters. The molecule has 4 nitrogen and oxygen atoms in total. The summed E-state index contributed by atoms with van der Waals surface area (Å²) in [4.78, 5) is 23.5. The predicted molar refractivity (Wildman–Crippen MR) is 111 cm³/mol. The van der Waals surface area contributed by atoms with Crippen LogP contribution in [0.1, 0.15) is 26.3 Å². The van der Waals surface area contributed by atoms with Crippen molar-refractivity contribution in [1.29, 1.82) is 0 Å². The van der Waals surface area contributed by atoms with Gasteiger partial charge in [0.15, 0.2) is 0 Å². The number of nitrogens with one attached hydrogen (secondary N) is 1. The van der Waals surface area contributed by atoms with E-state index in [0.29, 0.717) is 39.3 Å². The standard InChI is InChI=1S/C22H16Cl2FNO3/c1-29-21-5-2-14(15-6-13(12-27)7-18(25)9-15)8-16(21)11-26-22(28)19-4-3-17(23)10-20(19)24/h2-10,12H,11H2,1H3,(H,26,28). The molecule has 29 heavy (non-hydrogen) atoms. The molecule has 0 spiro atoms. The van der Waals surface area contributed by atoms with Crippen LogP contribution in [0, 0.1) is 5.82 Å². The van der Waals surface area contributed by atoms with Gasteiger partial charge in [-0.25, -0.2) is 4.39 Å². The minimum Gasteiger partial charge on any atom is -0.496 e. The molecule has 0 aliphatic rings. The fourth-order valence-electron chi connectivity index (χ4n) is 2.89. The molecule has 3 rings (SSSR count). The van der Waals surface area contributed by atoms with Crippen molar-refractivity contribution in [1.82, 2.24) is 5.32 Å². The summed E-state index contributed by atoms with van der Waals surface area (Å²) in [5, 5.41) is 3.47. The Morgan fingerprint density at radius 3 is 2.55 bits per heavy atom. The number of carbonyl (C=O) groups is 2. The molecule has 148 valence electrons. The summed E-state index contributed by atoms with van der Waals surface area (Å²) in [6.45, 7) is 0.157. The van der Waals surface area contributed by atoms with Crippen LogP contribution in [-0.2, 0) is 6.54 Å². The van der Waals surface area contributed by atoms with Gasteiger partial charge in [-0.3, -0.25) is 9.59 Å². The monoisotopic (exact) mass is 431 g/mol. The van der Waals surface area contributed by atoms with Crippen molar-refractivity contribution < 1.29 is 18.7 Å². The highest BCUT2D eigenvalue weighted by atomic mass is 35.5. The Kier molecular flexibility index (Phi) is 6.52. The molecule has 0 radical (unpaired) electrons. The Bertz CT molecular complexity index is 1090. The van der Waals surface area contributed by atoms with Crippen molar-refractivity contribution in [2.24, 2.45) is 0 Å². The van der Waals surface area contributed by atoms with E-state index < -0.39 is 5.82 Å². The SMILES string of the molecule is COc1ccc(-c2cc(F)cc(C=O)c2)cc1CNC(=O)c1ccc(Cl)cc1Cl. The summed E-state index contributed by atoms with van der Waals surface area (Å²) in [5.41, 5.74) is 2.44. The first-order valence-corrected chi connectivity index (χ1v) is 9.33. The third-order valence-electron chi connectivity index (χ3n) is 4.29. The number of rotatable bonds is 6. The van der Waals surface area contributed by atoms with Gasteiger partial charge >= 0.3 is 0 Å². The molecule has 3 aromatic rings. The normalized spacial score (nSPS) is 10.5. The van der Waals surface area contributed by atoms with Gasteiger partial charge in [-0.1, -0.05) is 29.3 Å². The number of amides is 1. The average molecular weight is 432 g/mol. The van der Waals surface area contributed by atoms with E-state index in [1.165, 1.54) is 19.2 Å².